The van der Waals surface area contributed by atoms with E-state index in [2.05, 4.69) is 72.5 Å². The van der Waals surface area contributed by atoms with Crippen LogP contribution >= 0.6 is 24.0 Å². The summed E-state index contributed by atoms with van der Waals surface area (Å²) < 4.78 is 5.43. The third kappa shape index (κ3) is 8.23. The van der Waals surface area contributed by atoms with Crippen LogP contribution in [0.1, 0.15) is 20.8 Å². The summed E-state index contributed by atoms with van der Waals surface area (Å²) in [6, 6.07) is 11.3. The van der Waals surface area contributed by atoms with E-state index in [1.165, 1.54) is 5.69 Å². The van der Waals surface area contributed by atoms with Crippen molar-refractivity contribution in [3.8, 4) is 0 Å². The first-order chi connectivity index (χ1) is 12.6. The number of halogens is 1. The molecular formula is C20H36IN5O. The van der Waals surface area contributed by atoms with Crippen LogP contribution in [0.3, 0.4) is 0 Å². The number of ether oxygens (including phenoxy) is 1. The highest BCUT2D eigenvalue weighted by Gasteiger charge is 2.17. The molecule has 1 aliphatic heterocycles. The number of para-hydroxylation sites is 1. The molecular weight excluding hydrogens is 453 g/mol. The molecule has 1 fully saturated rings. The van der Waals surface area contributed by atoms with Gasteiger partial charge in [0.25, 0.3) is 0 Å². The fourth-order valence-electron chi connectivity index (χ4n) is 3.00. The summed E-state index contributed by atoms with van der Waals surface area (Å²) in [4.78, 5) is 9.52. The Labute approximate surface area is 181 Å². The first-order valence-electron chi connectivity index (χ1n) is 9.73. The summed E-state index contributed by atoms with van der Waals surface area (Å²) >= 11 is 0. The highest BCUT2D eigenvalue weighted by Crippen LogP contribution is 2.13. The SMILES string of the molecule is CCNC(=NCC(C)N1CCOCC1)NCC(C)N(C)c1ccccc1.I. The Morgan fingerprint density at radius 3 is 2.48 bits per heavy atom. The summed E-state index contributed by atoms with van der Waals surface area (Å²) in [5.41, 5.74) is 1.23. The molecule has 154 valence electrons. The highest BCUT2D eigenvalue weighted by molar-refractivity contribution is 14.0. The fraction of sp³-hybridized carbons (Fsp3) is 0.650. The molecule has 2 atom stereocenters. The van der Waals surface area contributed by atoms with Gasteiger partial charge in [0.1, 0.15) is 0 Å². The molecule has 1 aromatic carbocycles. The van der Waals surface area contributed by atoms with Crippen molar-refractivity contribution in [3.05, 3.63) is 30.3 Å². The minimum absolute atomic E-state index is 0. The molecule has 2 unspecified atom stereocenters. The molecule has 1 aliphatic rings. The van der Waals surface area contributed by atoms with Crippen LogP contribution in [0.4, 0.5) is 5.69 Å². The lowest BCUT2D eigenvalue weighted by atomic mass is 10.2. The van der Waals surface area contributed by atoms with Crippen LogP contribution in [-0.4, -0.2) is 75.9 Å². The van der Waals surface area contributed by atoms with E-state index in [-0.39, 0.29) is 24.0 Å². The molecule has 0 radical (unpaired) electrons. The zero-order chi connectivity index (χ0) is 18.8. The van der Waals surface area contributed by atoms with E-state index in [9.17, 15) is 0 Å². The Balaban J connectivity index is 0.00000364. The molecule has 1 aromatic rings. The molecule has 0 amide bonds. The maximum atomic E-state index is 5.43. The van der Waals surface area contributed by atoms with Gasteiger partial charge in [-0.05, 0) is 32.9 Å². The zero-order valence-corrected chi connectivity index (χ0v) is 19.5. The lowest BCUT2D eigenvalue weighted by Crippen LogP contribution is -2.46. The van der Waals surface area contributed by atoms with E-state index >= 15 is 0 Å². The molecule has 27 heavy (non-hydrogen) atoms. The van der Waals surface area contributed by atoms with Gasteiger partial charge >= 0.3 is 0 Å². The van der Waals surface area contributed by atoms with Crippen LogP contribution < -0.4 is 15.5 Å². The second-order valence-electron chi connectivity index (χ2n) is 6.89. The number of nitrogens with one attached hydrogen (secondary N) is 2. The highest BCUT2D eigenvalue weighted by atomic mass is 127. The van der Waals surface area contributed by atoms with Crippen LogP contribution in [0.25, 0.3) is 0 Å². The topological polar surface area (TPSA) is 52.1 Å². The smallest absolute Gasteiger partial charge is 0.191 e. The fourth-order valence-corrected chi connectivity index (χ4v) is 3.00. The molecule has 2 N–H and O–H groups in total. The number of anilines is 1. The van der Waals surface area contributed by atoms with Crippen molar-refractivity contribution in [1.82, 2.24) is 15.5 Å². The number of guanidine groups is 1. The number of morpholine rings is 1. The van der Waals surface area contributed by atoms with Gasteiger partial charge in [0.2, 0.25) is 0 Å². The van der Waals surface area contributed by atoms with Gasteiger partial charge in [-0.1, -0.05) is 18.2 Å². The van der Waals surface area contributed by atoms with E-state index in [0.717, 1.165) is 51.9 Å². The molecule has 0 spiro atoms. The predicted molar refractivity (Wildman–Crippen MR) is 126 cm³/mol. The Morgan fingerprint density at radius 1 is 1.19 bits per heavy atom. The van der Waals surface area contributed by atoms with E-state index in [0.29, 0.717) is 12.1 Å². The van der Waals surface area contributed by atoms with Gasteiger partial charge in [0, 0.05) is 51.0 Å². The van der Waals surface area contributed by atoms with Gasteiger partial charge in [-0.25, -0.2) is 0 Å². The first-order valence-corrected chi connectivity index (χ1v) is 9.73. The summed E-state index contributed by atoms with van der Waals surface area (Å²) in [6.45, 7) is 12.7. The second-order valence-corrected chi connectivity index (χ2v) is 6.89. The van der Waals surface area contributed by atoms with Crippen molar-refractivity contribution in [2.45, 2.75) is 32.9 Å². The normalized spacial score (nSPS) is 17.6. The standard InChI is InChI=1S/C20H35N5O.HI/c1-5-21-20(23-16-18(3)25-11-13-26-14-12-25)22-15-17(2)24(4)19-9-7-6-8-10-19;/h6-10,17-18H,5,11-16H2,1-4H3,(H2,21,22,23);1H. The van der Waals surface area contributed by atoms with Crippen molar-refractivity contribution in [2.75, 3.05) is 57.9 Å². The minimum Gasteiger partial charge on any atom is -0.379 e. The second kappa shape index (κ2) is 13.2. The molecule has 1 heterocycles. The van der Waals surface area contributed by atoms with Gasteiger partial charge in [-0.2, -0.15) is 0 Å². The van der Waals surface area contributed by atoms with Crippen molar-refractivity contribution in [1.29, 1.82) is 0 Å². The molecule has 0 aliphatic carbocycles. The monoisotopic (exact) mass is 489 g/mol. The molecule has 7 heteroatoms. The Bertz CT molecular complexity index is 536. The lowest BCUT2D eigenvalue weighted by Gasteiger charge is -2.31. The van der Waals surface area contributed by atoms with Gasteiger partial charge in [-0.3, -0.25) is 9.89 Å². The van der Waals surface area contributed by atoms with Gasteiger partial charge in [0.05, 0.1) is 19.8 Å². The van der Waals surface area contributed by atoms with Gasteiger partial charge in [-0.15, -0.1) is 24.0 Å². The number of nitrogens with zero attached hydrogens (tertiary/aromatic N) is 3. The Morgan fingerprint density at radius 2 is 1.85 bits per heavy atom. The number of rotatable bonds is 8. The minimum atomic E-state index is 0. The number of likely N-dealkylation sites (N-methyl/N-ethyl adjacent to an activating group) is 1. The summed E-state index contributed by atoms with van der Waals surface area (Å²) in [5.74, 6) is 0.890. The first kappa shape index (κ1) is 24.0. The Hall–Kier alpha value is -1.06. The zero-order valence-electron chi connectivity index (χ0n) is 17.1. The van der Waals surface area contributed by atoms with Crippen LogP contribution in [0.2, 0.25) is 0 Å². The predicted octanol–water partition coefficient (Wildman–Crippen LogP) is 2.41. The molecule has 0 saturated carbocycles. The number of aliphatic imine (C=N–C) groups is 1. The van der Waals surface area contributed by atoms with Crippen LogP contribution in [-0.2, 0) is 4.74 Å². The van der Waals surface area contributed by atoms with Crippen molar-refractivity contribution < 1.29 is 4.74 Å². The molecule has 1 saturated heterocycles. The number of benzene rings is 1. The maximum Gasteiger partial charge on any atom is 0.191 e. The van der Waals surface area contributed by atoms with E-state index in [4.69, 9.17) is 9.73 Å². The van der Waals surface area contributed by atoms with E-state index in [1.54, 1.807) is 0 Å². The molecule has 2 rings (SSSR count). The summed E-state index contributed by atoms with van der Waals surface area (Å²) in [6.07, 6.45) is 0. The van der Waals surface area contributed by atoms with Gasteiger partial charge < -0.3 is 20.3 Å². The molecule has 6 nitrogen and oxygen atoms in total. The maximum absolute atomic E-state index is 5.43. The van der Waals surface area contributed by atoms with Gasteiger partial charge in [0.15, 0.2) is 5.96 Å². The molecule has 0 aromatic heterocycles. The summed E-state index contributed by atoms with van der Waals surface area (Å²) in [7, 11) is 2.13. The van der Waals surface area contributed by atoms with Crippen molar-refractivity contribution in [3.63, 3.8) is 0 Å². The summed E-state index contributed by atoms with van der Waals surface area (Å²) in [5, 5.41) is 6.84. The number of hydrogen-bond acceptors (Lipinski definition) is 4. The average Bonchev–Trinajstić information content (AvgIpc) is 2.70. The van der Waals surface area contributed by atoms with Crippen LogP contribution in [0.5, 0.6) is 0 Å². The number of hydrogen-bond donors (Lipinski definition) is 2. The third-order valence-electron chi connectivity index (χ3n) is 4.92. The van der Waals surface area contributed by atoms with E-state index in [1.807, 2.05) is 6.07 Å². The van der Waals surface area contributed by atoms with Crippen molar-refractivity contribution in [2.24, 2.45) is 4.99 Å². The van der Waals surface area contributed by atoms with E-state index < -0.39 is 0 Å². The lowest BCUT2D eigenvalue weighted by molar-refractivity contribution is 0.0220. The van der Waals surface area contributed by atoms with Crippen molar-refractivity contribution >= 4 is 35.6 Å². The van der Waals surface area contributed by atoms with Crippen LogP contribution in [0.15, 0.2) is 35.3 Å². The third-order valence-corrected chi connectivity index (χ3v) is 4.92. The van der Waals surface area contributed by atoms with Crippen LogP contribution in [0, 0.1) is 0 Å². The average molecular weight is 489 g/mol. The quantitative estimate of drug-likeness (QED) is 0.334. The largest absolute Gasteiger partial charge is 0.379 e. The Kier molecular flexibility index (Phi) is 11.7. The molecule has 0 bridgehead atoms.